The summed E-state index contributed by atoms with van der Waals surface area (Å²) in [5.74, 6) is 1.61. The molecule has 1 aliphatic rings. The first-order valence-corrected chi connectivity index (χ1v) is 5.22. The van der Waals surface area contributed by atoms with Gasteiger partial charge in [0.2, 0.25) is 5.90 Å². The van der Waals surface area contributed by atoms with Crippen LogP contribution in [0.5, 0.6) is 5.75 Å². The van der Waals surface area contributed by atoms with Crippen LogP contribution in [-0.4, -0.2) is 26.2 Å². The third-order valence-corrected chi connectivity index (χ3v) is 2.38. The van der Waals surface area contributed by atoms with Crippen LogP contribution in [0.4, 0.5) is 0 Å². The minimum absolute atomic E-state index is 0.759. The van der Waals surface area contributed by atoms with E-state index in [0.717, 1.165) is 43.2 Å². The van der Waals surface area contributed by atoms with Crippen molar-refractivity contribution in [2.45, 2.75) is 12.8 Å². The molecule has 1 heterocycles. The first-order valence-electron chi connectivity index (χ1n) is 5.22. The fourth-order valence-corrected chi connectivity index (χ4v) is 1.52. The summed E-state index contributed by atoms with van der Waals surface area (Å²) in [6, 6.07) is 7.80. The molecule has 0 bridgehead atoms. The lowest BCUT2D eigenvalue weighted by molar-refractivity contribution is 0.306. The van der Waals surface area contributed by atoms with E-state index in [9.17, 15) is 0 Å². The van der Waals surface area contributed by atoms with Gasteiger partial charge in [-0.25, -0.2) is 0 Å². The van der Waals surface area contributed by atoms with Crippen molar-refractivity contribution in [2.24, 2.45) is 4.99 Å². The van der Waals surface area contributed by atoms with Gasteiger partial charge in [-0.1, -0.05) is 0 Å². The molecule has 2 rings (SSSR count). The predicted octanol–water partition coefficient (Wildman–Crippen LogP) is 2.25. The van der Waals surface area contributed by atoms with E-state index in [0.29, 0.717) is 0 Å². The van der Waals surface area contributed by atoms with Gasteiger partial charge in [-0.2, -0.15) is 0 Å². The summed E-state index contributed by atoms with van der Waals surface area (Å²) < 4.78 is 10.7. The Morgan fingerprint density at radius 1 is 1.20 bits per heavy atom. The number of methoxy groups -OCH3 is 1. The zero-order valence-electron chi connectivity index (χ0n) is 8.90. The number of benzene rings is 1. The van der Waals surface area contributed by atoms with Crippen LogP contribution in [0, 0.1) is 0 Å². The Hall–Kier alpha value is -1.51. The number of aliphatic imine (C=N–C) groups is 1. The molecular formula is C12H15NO2. The Bertz CT molecular complexity index is 343. The van der Waals surface area contributed by atoms with E-state index in [4.69, 9.17) is 9.47 Å². The maximum atomic E-state index is 5.57. The summed E-state index contributed by atoms with van der Waals surface area (Å²) in [4.78, 5) is 4.40. The van der Waals surface area contributed by atoms with Crippen molar-refractivity contribution in [3.63, 3.8) is 0 Å². The summed E-state index contributed by atoms with van der Waals surface area (Å²) in [7, 11) is 1.66. The lowest BCUT2D eigenvalue weighted by Crippen LogP contribution is -2.06. The van der Waals surface area contributed by atoms with Gasteiger partial charge >= 0.3 is 0 Å². The van der Waals surface area contributed by atoms with Crippen LogP contribution in [0.2, 0.25) is 0 Å². The Morgan fingerprint density at radius 3 is 2.73 bits per heavy atom. The van der Waals surface area contributed by atoms with E-state index in [-0.39, 0.29) is 0 Å². The first-order chi connectivity index (χ1) is 7.40. The van der Waals surface area contributed by atoms with Crippen LogP contribution in [0.25, 0.3) is 0 Å². The molecule has 0 atom stereocenters. The molecule has 3 heteroatoms. The Labute approximate surface area is 89.7 Å². The standard InChI is InChI=1S/C12H15NO2/c1-14-11-6-4-10(5-7-11)12-13-8-2-3-9-15-12/h4-7H,2-3,8-9H2,1H3. The molecule has 0 fully saturated rings. The van der Waals surface area contributed by atoms with E-state index < -0.39 is 0 Å². The van der Waals surface area contributed by atoms with Gasteiger partial charge in [0.25, 0.3) is 0 Å². The number of rotatable bonds is 2. The van der Waals surface area contributed by atoms with Crippen molar-refractivity contribution in [1.82, 2.24) is 0 Å². The molecule has 3 nitrogen and oxygen atoms in total. The molecule has 80 valence electrons. The van der Waals surface area contributed by atoms with Gasteiger partial charge in [-0.05, 0) is 37.1 Å². The molecule has 0 aliphatic carbocycles. The molecule has 1 aliphatic heterocycles. The van der Waals surface area contributed by atoms with Crippen molar-refractivity contribution in [2.75, 3.05) is 20.3 Å². The molecule has 1 aromatic carbocycles. The lowest BCUT2D eigenvalue weighted by atomic mass is 10.2. The first kappa shape index (κ1) is 10.0. The predicted molar refractivity (Wildman–Crippen MR) is 59.6 cm³/mol. The van der Waals surface area contributed by atoms with E-state index in [1.807, 2.05) is 24.3 Å². The minimum atomic E-state index is 0.759. The highest BCUT2D eigenvalue weighted by Gasteiger charge is 2.07. The molecule has 15 heavy (non-hydrogen) atoms. The molecule has 0 amide bonds. The normalized spacial score (nSPS) is 16.2. The molecular weight excluding hydrogens is 190 g/mol. The smallest absolute Gasteiger partial charge is 0.216 e. The van der Waals surface area contributed by atoms with Gasteiger partial charge in [0, 0.05) is 12.1 Å². The van der Waals surface area contributed by atoms with Gasteiger partial charge in [0.1, 0.15) is 5.75 Å². The van der Waals surface area contributed by atoms with Crippen LogP contribution in [0.15, 0.2) is 29.3 Å². The van der Waals surface area contributed by atoms with Gasteiger partial charge < -0.3 is 9.47 Å². The van der Waals surface area contributed by atoms with Crippen LogP contribution in [0.3, 0.4) is 0 Å². The van der Waals surface area contributed by atoms with Gasteiger partial charge in [0.15, 0.2) is 0 Å². The second-order valence-corrected chi connectivity index (χ2v) is 3.47. The fraction of sp³-hybridized carbons (Fsp3) is 0.417. The Balaban J connectivity index is 2.16. The molecule has 0 saturated carbocycles. The quantitative estimate of drug-likeness (QED) is 0.741. The molecule has 0 aromatic heterocycles. The highest BCUT2D eigenvalue weighted by atomic mass is 16.5. The van der Waals surface area contributed by atoms with Crippen molar-refractivity contribution in [3.05, 3.63) is 29.8 Å². The van der Waals surface area contributed by atoms with E-state index in [2.05, 4.69) is 4.99 Å². The average Bonchev–Trinajstić information content (AvgIpc) is 2.58. The van der Waals surface area contributed by atoms with Crippen LogP contribution >= 0.6 is 0 Å². The van der Waals surface area contributed by atoms with Crippen LogP contribution < -0.4 is 4.74 Å². The second kappa shape index (κ2) is 4.82. The molecule has 0 spiro atoms. The van der Waals surface area contributed by atoms with Crippen molar-refractivity contribution in [1.29, 1.82) is 0 Å². The number of hydrogen-bond donors (Lipinski definition) is 0. The Kier molecular flexibility index (Phi) is 3.22. The average molecular weight is 205 g/mol. The van der Waals surface area contributed by atoms with Gasteiger partial charge in [-0.15, -0.1) is 0 Å². The van der Waals surface area contributed by atoms with E-state index in [1.165, 1.54) is 0 Å². The zero-order valence-corrected chi connectivity index (χ0v) is 8.90. The molecule has 0 radical (unpaired) electrons. The summed E-state index contributed by atoms with van der Waals surface area (Å²) in [6.07, 6.45) is 2.20. The second-order valence-electron chi connectivity index (χ2n) is 3.47. The molecule has 0 unspecified atom stereocenters. The molecule has 0 N–H and O–H groups in total. The third-order valence-electron chi connectivity index (χ3n) is 2.38. The van der Waals surface area contributed by atoms with Crippen molar-refractivity contribution < 1.29 is 9.47 Å². The third kappa shape index (κ3) is 2.49. The highest BCUT2D eigenvalue weighted by molar-refractivity contribution is 5.94. The van der Waals surface area contributed by atoms with Crippen molar-refractivity contribution in [3.8, 4) is 5.75 Å². The SMILES string of the molecule is COc1ccc(C2=NCCCCO2)cc1. The minimum Gasteiger partial charge on any atom is -0.497 e. The van der Waals surface area contributed by atoms with Crippen LogP contribution in [0.1, 0.15) is 18.4 Å². The van der Waals surface area contributed by atoms with E-state index in [1.54, 1.807) is 7.11 Å². The largest absolute Gasteiger partial charge is 0.497 e. The summed E-state index contributed by atoms with van der Waals surface area (Å²) in [5.41, 5.74) is 1.03. The van der Waals surface area contributed by atoms with Gasteiger partial charge in [0.05, 0.1) is 13.7 Å². The summed E-state index contributed by atoms with van der Waals surface area (Å²) in [6.45, 7) is 1.63. The lowest BCUT2D eigenvalue weighted by Gasteiger charge is -2.06. The zero-order chi connectivity index (χ0) is 10.5. The molecule has 1 aromatic rings. The maximum absolute atomic E-state index is 5.57. The topological polar surface area (TPSA) is 30.8 Å². The van der Waals surface area contributed by atoms with Crippen LogP contribution in [-0.2, 0) is 4.74 Å². The number of ether oxygens (including phenoxy) is 2. The van der Waals surface area contributed by atoms with E-state index >= 15 is 0 Å². The number of nitrogens with zero attached hydrogens (tertiary/aromatic N) is 1. The fourth-order valence-electron chi connectivity index (χ4n) is 1.52. The van der Waals surface area contributed by atoms with Gasteiger partial charge in [-0.3, -0.25) is 4.99 Å². The van der Waals surface area contributed by atoms with Crippen molar-refractivity contribution >= 4 is 5.90 Å². The number of hydrogen-bond acceptors (Lipinski definition) is 3. The monoisotopic (exact) mass is 205 g/mol. The molecule has 0 saturated heterocycles. The highest BCUT2D eigenvalue weighted by Crippen LogP contribution is 2.14. The maximum Gasteiger partial charge on any atom is 0.216 e. The summed E-state index contributed by atoms with van der Waals surface area (Å²) >= 11 is 0. The summed E-state index contributed by atoms with van der Waals surface area (Å²) in [5, 5.41) is 0. The Morgan fingerprint density at radius 2 is 2.00 bits per heavy atom.